The molecule has 0 radical (unpaired) electrons. The standard InChI is InChI=1S/C22H25N3O/c1-4-24(5-2)17(3)25-21(19-14-10-7-11-15-19)23-20(22(25)26)16-18-12-8-6-9-13-18/h6-17H,4-5H2,1-3H3. The van der Waals surface area contributed by atoms with E-state index in [9.17, 15) is 4.79 Å². The normalized spacial score (nSPS) is 17.1. The molecule has 1 atom stereocenters. The van der Waals surface area contributed by atoms with E-state index in [4.69, 9.17) is 4.99 Å². The molecule has 0 saturated heterocycles. The number of benzene rings is 2. The Labute approximate surface area is 155 Å². The van der Waals surface area contributed by atoms with Crippen molar-refractivity contribution in [2.75, 3.05) is 13.1 Å². The monoisotopic (exact) mass is 347 g/mol. The third-order valence-electron chi connectivity index (χ3n) is 4.74. The van der Waals surface area contributed by atoms with E-state index in [1.54, 1.807) is 0 Å². The lowest BCUT2D eigenvalue weighted by Gasteiger charge is -2.34. The van der Waals surface area contributed by atoms with Crippen molar-refractivity contribution in [1.29, 1.82) is 0 Å². The molecule has 4 nitrogen and oxygen atoms in total. The Kier molecular flexibility index (Phi) is 5.64. The molecule has 134 valence electrons. The molecular formula is C22H25N3O. The summed E-state index contributed by atoms with van der Waals surface area (Å²) >= 11 is 0. The molecule has 1 heterocycles. The van der Waals surface area contributed by atoms with Crippen molar-refractivity contribution < 1.29 is 4.79 Å². The zero-order valence-corrected chi connectivity index (χ0v) is 15.6. The van der Waals surface area contributed by atoms with E-state index in [-0.39, 0.29) is 12.1 Å². The van der Waals surface area contributed by atoms with Gasteiger partial charge in [0.1, 0.15) is 11.5 Å². The van der Waals surface area contributed by atoms with Crippen LogP contribution in [0.5, 0.6) is 0 Å². The Morgan fingerprint density at radius 1 is 1.00 bits per heavy atom. The van der Waals surface area contributed by atoms with Crippen LogP contribution in [0.3, 0.4) is 0 Å². The average Bonchev–Trinajstić information content (AvgIpc) is 3.00. The zero-order valence-electron chi connectivity index (χ0n) is 15.6. The minimum atomic E-state index is -0.0573. The summed E-state index contributed by atoms with van der Waals surface area (Å²) in [5.41, 5.74) is 2.41. The molecule has 4 heteroatoms. The van der Waals surface area contributed by atoms with Gasteiger partial charge in [-0.1, -0.05) is 74.5 Å². The van der Waals surface area contributed by atoms with Gasteiger partial charge in [0.15, 0.2) is 0 Å². The summed E-state index contributed by atoms with van der Waals surface area (Å²) in [5, 5.41) is 0. The summed E-state index contributed by atoms with van der Waals surface area (Å²) in [6.07, 6.45) is 1.80. The second-order valence-corrected chi connectivity index (χ2v) is 6.27. The van der Waals surface area contributed by atoms with E-state index in [1.807, 2.05) is 71.6 Å². The molecule has 3 rings (SSSR count). The van der Waals surface area contributed by atoms with Crippen LogP contribution in [0, 0.1) is 0 Å². The number of nitrogens with zero attached hydrogens (tertiary/aromatic N) is 3. The molecule has 0 spiro atoms. The second kappa shape index (κ2) is 8.11. The number of amides is 1. The Bertz CT molecular complexity index is 808. The first-order chi connectivity index (χ1) is 12.7. The van der Waals surface area contributed by atoms with Gasteiger partial charge in [-0.3, -0.25) is 14.6 Å². The van der Waals surface area contributed by atoms with Gasteiger partial charge in [-0.05, 0) is 31.7 Å². The molecular weight excluding hydrogens is 322 g/mol. The molecule has 1 aliphatic rings. The van der Waals surface area contributed by atoms with Gasteiger partial charge in [-0.15, -0.1) is 0 Å². The molecule has 0 N–H and O–H groups in total. The van der Waals surface area contributed by atoms with Crippen molar-refractivity contribution in [1.82, 2.24) is 9.80 Å². The average molecular weight is 347 g/mol. The molecule has 1 amide bonds. The highest BCUT2D eigenvalue weighted by Crippen LogP contribution is 2.25. The lowest BCUT2D eigenvalue weighted by atomic mass is 10.2. The molecule has 0 fully saturated rings. The quantitative estimate of drug-likeness (QED) is 0.740. The third kappa shape index (κ3) is 3.60. The smallest absolute Gasteiger partial charge is 0.279 e. The van der Waals surface area contributed by atoms with E-state index in [1.165, 1.54) is 0 Å². The van der Waals surface area contributed by atoms with E-state index in [2.05, 4.69) is 25.7 Å². The minimum absolute atomic E-state index is 0.0490. The highest BCUT2D eigenvalue weighted by atomic mass is 16.2. The van der Waals surface area contributed by atoms with Gasteiger partial charge in [-0.2, -0.15) is 0 Å². The number of rotatable bonds is 6. The van der Waals surface area contributed by atoms with Gasteiger partial charge in [0.05, 0.1) is 6.17 Å². The fraction of sp³-hybridized carbons (Fsp3) is 0.273. The van der Waals surface area contributed by atoms with E-state index >= 15 is 0 Å². The number of carbonyl (C=O) groups excluding carboxylic acids is 1. The van der Waals surface area contributed by atoms with Crippen LogP contribution in [0.2, 0.25) is 0 Å². The molecule has 2 aromatic carbocycles. The maximum atomic E-state index is 13.2. The molecule has 0 aliphatic carbocycles. The predicted molar refractivity (Wildman–Crippen MR) is 107 cm³/mol. The van der Waals surface area contributed by atoms with Crippen LogP contribution in [0.25, 0.3) is 6.08 Å². The second-order valence-electron chi connectivity index (χ2n) is 6.27. The topological polar surface area (TPSA) is 35.9 Å². The minimum Gasteiger partial charge on any atom is -0.284 e. The van der Waals surface area contributed by atoms with Crippen molar-refractivity contribution in [2.24, 2.45) is 4.99 Å². The summed E-state index contributed by atoms with van der Waals surface area (Å²) in [4.78, 5) is 22.0. The van der Waals surface area contributed by atoms with E-state index < -0.39 is 0 Å². The lowest BCUT2D eigenvalue weighted by Crippen LogP contribution is -2.50. The predicted octanol–water partition coefficient (Wildman–Crippen LogP) is 4.00. The van der Waals surface area contributed by atoms with Crippen LogP contribution in [0.4, 0.5) is 0 Å². The first-order valence-electron chi connectivity index (χ1n) is 9.14. The lowest BCUT2D eigenvalue weighted by molar-refractivity contribution is -0.126. The van der Waals surface area contributed by atoms with E-state index in [0.29, 0.717) is 5.70 Å². The third-order valence-corrected chi connectivity index (χ3v) is 4.74. The summed E-state index contributed by atoms with van der Waals surface area (Å²) in [7, 11) is 0. The summed E-state index contributed by atoms with van der Waals surface area (Å²) in [6.45, 7) is 8.04. The number of hydrogen-bond donors (Lipinski definition) is 0. The van der Waals surface area contributed by atoms with Crippen molar-refractivity contribution in [2.45, 2.75) is 26.9 Å². The molecule has 0 saturated carbocycles. The maximum absolute atomic E-state index is 13.2. The highest BCUT2D eigenvalue weighted by Gasteiger charge is 2.36. The van der Waals surface area contributed by atoms with Crippen molar-refractivity contribution >= 4 is 17.8 Å². The van der Waals surface area contributed by atoms with E-state index in [0.717, 1.165) is 30.1 Å². The summed E-state index contributed by atoms with van der Waals surface area (Å²) in [6, 6.07) is 19.8. The largest absolute Gasteiger partial charge is 0.284 e. The Morgan fingerprint density at radius 2 is 1.58 bits per heavy atom. The van der Waals surface area contributed by atoms with Crippen molar-refractivity contribution in [3.8, 4) is 0 Å². The Balaban J connectivity index is 2.04. The fourth-order valence-corrected chi connectivity index (χ4v) is 3.29. The number of carbonyl (C=O) groups is 1. The SMILES string of the molecule is CCN(CC)C(C)N1C(=O)C(=Cc2ccccc2)N=C1c1ccccc1. The van der Waals surface area contributed by atoms with Crippen molar-refractivity contribution in [3.05, 3.63) is 77.5 Å². The molecule has 0 bridgehead atoms. The summed E-state index contributed by atoms with van der Waals surface area (Å²) < 4.78 is 0. The van der Waals surface area contributed by atoms with Gasteiger partial charge in [0.25, 0.3) is 5.91 Å². The Morgan fingerprint density at radius 3 is 2.15 bits per heavy atom. The van der Waals surface area contributed by atoms with Gasteiger partial charge < -0.3 is 0 Å². The molecule has 26 heavy (non-hydrogen) atoms. The maximum Gasteiger partial charge on any atom is 0.279 e. The van der Waals surface area contributed by atoms with Gasteiger partial charge in [-0.25, -0.2) is 4.99 Å². The van der Waals surface area contributed by atoms with Gasteiger partial charge >= 0.3 is 0 Å². The first-order valence-corrected chi connectivity index (χ1v) is 9.14. The number of hydrogen-bond acceptors (Lipinski definition) is 3. The number of amidine groups is 1. The summed E-state index contributed by atoms with van der Waals surface area (Å²) in [5.74, 6) is 0.671. The molecule has 0 aromatic heterocycles. The van der Waals surface area contributed by atoms with Crippen LogP contribution in [-0.4, -0.2) is 40.8 Å². The van der Waals surface area contributed by atoms with Crippen LogP contribution in [0.1, 0.15) is 31.9 Å². The van der Waals surface area contributed by atoms with Gasteiger partial charge in [0.2, 0.25) is 0 Å². The fourth-order valence-electron chi connectivity index (χ4n) is 3.29. The Hall–Kier alpha value is -2.72. The number of aliphatic imine (C=N–C) groups is 1. The van der Waals surface area contributed by atoms with Gasteiger partial charge in [0, 0.05) is 5.56 Å². The zero-order chi connectivity index (χ0) is 18.5. The van der Waals surface area contributed by atoms with Crippen LogP contribution in [-0.2, 0) is 4.79 Å². The van der Waals surface area contributed by atoms with Crippen LogP contribution >= 0.6 is 0 Å². The first kappa shape index (κ1) is 18.1. The molecule has 2 aromatic rings. The van der Waals surface area contributed by atoms with Crippen molar-refractivity contribution in [3.63, 3.8) is 0 Å². The highest BCUT2D eigenvalue weighted by molar-refractivity contribution is 6.19. The van der Waals surface area contributed by atoms with Crippen LogP contribution in [0.15, 0.2) is 71.4 Å². The molecule has 1 aliphatic heterocycles. The molecule has 1 unspecified atom stereocenters. The van der Waals surface area contributed by atoms with Crippen LogP contribution < -0.4 is 0 Å².